The Balaban J connectivity index is 2.09. The van der Waals surface area contributed by atoms with Gasteiger partial charge in [0, 0.05) is 18.1 Å². The van der Waals surface area contributed by atoms with E-state index in [1.165, 1.54) is 0 Å². The zero-order valence-electron chi connectivity index (χ0n) is 12.3. The first-order chi connectivity index (χ1) is 8.80. The average molecular weight is 289 g/mol. The van der Waals surface area contributed by atoms with Crippen LogP contribution >= 0.6 is 0 Å². The van der Waals surface area contributed by atoms with E-state index in [4.69, 9.17) is 0 Å². The van der Waals surface area contributed by atoms with Crippen LogP contribution in [0.4, 0.5) is 0 Å². The molecule has 0 radical (unpaired) electrons. The summed E-state index contributed by atoms with van der Waals surface area (Å²) >= 11 is 0. The molecule has 0 amide bonds. The molecule has 0 bridgehead atoms. The highest BCUT2D eigenvalue weighted by Crippen LogP contribution is 2.31. The van der Waals surface area contributed by atoms with Crippen LogP contribution in [0.25, 0.3) is 0 Å². The lowest BCUT2D eigenvalue weighted by atomic mass is 9.89. The van der Waals surface area contributed by atoms with Gasteiger partial charge < -0.3 is 5.32 Å². The predicted octanol–water partition coefficient (Wildman–Crippen LogP) is 1.08. The molecular weight excluding hydrogens is 262 g/mol. The summed E-state index contributed by atoms with van der Waals surface area (Å²) in [5, 5.41) is 3.35. The number of hydrogen-bond acceptors (Lipinski definition) is 3. The second kappa shape index (κ2) is 5.68. The van der Waals surface area contributed by atoms with E-state index in [9.17, 15) is 8.42 Å². The highest BCUT2D eigenvalue weighted by atomic mass is 32.2. The molecule has 2 rings (SSSR count). The van der Waals surface area contributed by atoms with Gasteiger partial charge in [0.15, 0.2) is 0 Å². The minimum absolute atomic E-state index is 0.196. The van der Waals surface area contributed by atoms with E-state index in [2.05, 4.69) is 10.0 Å². The van der Waals surface area contributed by atoms with E-state index < -0.39 is 15.7 Å². The van der Waals surface area contributed by atoms with Gasteiger partial charge in [0.2, 0.25) is 0 Å². The number of nitrogens with one attached hydrogen (secondary N) is 2. The molecule has 2 fully saturated rings. The SMILES string of the molecule is CC(C)(C)NS(=O)(=O)N1CCCC1C1CCNCC1. The normalized spacial score (nSPS) is 27.8. The van der Waals surface area contributed by atoms with Crippen molar-refractivity contribution in [1.82, 2.24) is 14.3 Å². The highest BCUT2D eigenvalue weighted by Gasteiger charge is 2.40. The van der Waals surface area contributed by atoms with Crippen molar-refractivity contribution in [1.29, 1.82) is 0 Å². The Labute approximate surface area is 117 Å². The fourth-order valence-corrected chi connectivity index (χ4v) is 5.10. The zero-order chi connectivity index (χ0) is 14.1. The molecule has 1 unspecified atom stereocenters. The quantitative estimate of drug-likeness (QED) is 0.817. The Kier molecular flexibility index (Phi) is 4.55. The van der Waals surface area contributed by atoms with Gasteiger partial charge in [0.1, 0.15) is 0 Å². The Morgan fingerprint density at radius 3 is 2.37 bits per heavy atom. The van der Waals surface area contributed by atoms with Gasteiger partial charge in [-0.1, -0.05) is 0 Å². The summed E-state index contributed by atoms with van der Waals surface area (Å²) in [6, 6.07) is 0.196. The first kappa shape index (κ1) is 15.2. The maximum absolute atomic E-state index is 12.5. The largest absolute Gasteiger partial charge is 0.317 e. The molecule has 0 aromatic rings. The van der Waals surface area contributed by atoms with Crippen molar-refractivity contribution in [2.75, 3.05) is 19.6 Å². The first-order valence-electron chi connectivity index (χ1n) is 7.31. The van der Waals surface area contributed by atoms with Gasteiger partial charge in [-0.3, -0.25) is 0 Å². The average Bonchev–Trinajstić information content (AvgIpc) is 2.76. The summed E-state index contributed by atoms with van der Waals surface area (Å²) in [7, 11) is -3.35. The maximum atomic E-state index is 12.5. The van der Waals surface area contributed by atoms with Gasteiger partial charge in [0.25, 0.3) is 10.2 Å². The minimum Gasteiger partial charge on any atom is -0.317 e. The Bertz CT molecular complexity index is 397. The van der Waals surface area contributed by atoms with Gasteiger partial charge in [-0.2, -0.15) is 17.4 Å². The molecule has 2 saturated heterocycles. The monoisotopic (exact) mass is 289 g/mol. The predicted molar refractivity (Wildman–Crippen MR) is 77.1 cm³/mol. The van der Waals surface area contributed by atoms with Crippen molar-refractivity contribution < 1.29 is 8.42 Å². The van der Waals surface area contributed by atoms with Crippen molar-refractivity contribution in [2.24, 2.45) is 5.92 Å². The first-order valence-corrected chi connectivity index (χ1v) is 8.75. The third-order valence-corrected chi connectivity index (χ3v) is 5.86. The molecule has 6 heteroatoms. The lowest BCUT2D eigenvalue weighted by Crippen LogP contribution is -2.52. The summed E-state index contributed by atoms with van der Waals surface area (Å²) in [6.45, 7) is 8.37. The van der Waals surface area contributed by atoms with E-state index in [0.29, 0.717) is 12.5 Å². The van der Waals surface area contributed by atoms with Gasteiger partial charge in [-0.05, 0) is 65.5 Å². The fourth-order valence-electron chi connectivity index (χ4n) is 3.21. The van der Waals surface area contributed by atoms with Crippen LogP contribution in [0.2, 0.25) is 0 Å². The second-order valence-corrected chi connectivity index (χ2v) is 8.39. The molecular formula is C13H27N3O2S. The molecule has 0 aromatic heterocycles. The van der Waals surface area contributed by atoms with Crippen molar-refractivity contribution in [3.05, 3.63) is 0 Å². The second-order valence-electron chi connectivity index (χ2n) is 6.76. The van der Waals surface area contributed by atoms with Crippen LogP contribution in [-0.2, 0) is 10.2 Å². The van der Waals surface area contributed by atoms with Crippen molar-refractivity contribution in [3.8, 4) is 0 Å². The summed E-state index contributed by atoms with van der Waals surface area (Å²) in [6.07, 6.45) is 4.17. The van der Waals surface area contributed by atoms with E-state index in [1.807, 2.05) is 20.8 Å². The molecule has 0 aromatic carbocycles. The molecule has 0 aliphatic carbocycles. The molecule has 2 heterocycles. The molecule has 0 saturated carbocycles. The number of nitrogens with zero attached hydrogens (tertiary/aromatic N) is 1. The smallest absolute Gasteiger partial charge is 0.280 e. The number of hydrogen-bond donors (Lipinski definition) is 2. The molecule has 19 heavy (non-hydrogen) atoms. The topological polar surface area (TPSA) is 61.4 Å². The van der Waals surface area contributed by atoms with E-state index in [-0.39, 0.29) is 6.04 Å². The standard InChI is InChI=1S/C13H27N3O2S/c1-13(2,3)15-19(17,18)16-10-4-5-12(16)11-6-8-14-9-7-11/h11-12,14-15H,4-10H2,1-3H3. The van der Waals surface area contributed by atoms with E-state index in [1.54, 1.807) is 4.31 Å². The molecule has 5 nitrogen and oxygen atoms in total. The number of rotatable bonds is 3. The summed E-state index contributed by atoms with van der Waals surface area (Å²) in [5.41, 5.74) is -0.417. The fraction of sp³-hybridized carbons (Fsp3) is 1.00. The molecule has 2 N–H and O–H groups in total. The van der Waals surface area contributed by atoms with Crippen molar-refractivity contribution in [3.63, 3.8) is 0 Å². The van der Waals surface area contributed by atoms with Gasteiger partial charge in [0.05, 0.1) is 0 Å². The van der Waals surface area contributed by atoms with Gasteiger partial charge in [-0.25, -0.2) is 0 Å². The molecule has 0 spiro atoms. The van der Waals surface area contributed by atoms with Crippen LogP contribution in [-0.4, -0.2) is 43.9 Å². The third-order valence-electron chi connectivity index (χ3n) is 3.92. The maximum Gasteiger partial charge on any atom is 0.280 e. The zero-order valence-corrected chi connectivity index (χ0v) is 13.1. The lowest BCUT2D eigenvalue weighted by molar-refractivity contribution is 0.231. The van der Waals surface area contributed by atoms with Crippen LogP contribution in [0.5, 0.6) is 0 Å². The van der Waals surface area contributed by atoms with Gasteiger partial charge in [-0.15, -0.1) is 0 Å². The molecule has 1 atom stereocenters. The molecule has 2 aliphatic heterocycles. The van der Waals surface area contributed by atoms with Crippen molar-refractivity contribution >= 4 is 10.2 Å². The Morgan fingerprint density at radius 1 is 1.16 bits per heavy atom. The summed E-state index contributed by atoms with van der Waals surface area (Å²) < 4.78 is 29.5. The third kappa shape index (κ3) is 3.90. The van der Waals surface area contributed by atoms with Crippen molar-refractivity contribution in [2.45, 2.75) is 58.0 Å². The minimum atomic E-state index is -3.35. The van der Waals surface area contributed by atoms with Crippen LogP contribution in [0.3, 0.4) is 0 Å². The highest BCUT2D eigenvalue weighted by molar-refractivity contribution is 7.87. The van der Waals surface area contributed by atoms with Crippen LogP contribution in [0.15, 0.2) is 0 Å². The van der Waals surface area contributed by atoms with E-state index >= 15 is 0 Å². The van der Waals surface area contributed by atoms with Crippen LogP contribution in [0, 0.1) is 5.92 Å². The Morgan fingerprint density at radius 2 is 1.79 bits per heavy atom. The Hall–Kier alpha value is -0.170. The van der Waals surface area contributed by atoms with Gasteiger partial charge >= 0.3 is 0 Å². The summed E-state index contributed by atoms with van der Waals surface area (Å²) in [5.74, 6) is 0.514. The molecule has 2 aliphatic rings. The molecule has 112 valence electrons. The number of piperidine rings is 1. The van der Waals surface area contributed by atoms with Crippen LogP contribution < -0.4 is 10.0 Å². The van der Waals surface area contributed by atoms with E-state index in [0.717, 1.165) is 38.8 Å². The lowest BCUT2D eigenvalue weighted by Gasteiger charge is -2.35. The summed E-state index contributed by atoms with van der Waals surface area (Å²) in [4.78, 5) is 0. The van der Waals surface area contributed by atoms with Crippen LogP contribution in [0.1, 0.15) is 46.5 Å².